The number of benzene rings is 2. The molecule has 0 aliphatic heterocycles. The summed E-state index contributed by atoms with van der Waals surface area (Å²) in [6.07, 6.45) is 0.374. The Morgan fingerprint density at radius 3 is 2.72 bits per heavy atom. The third-order valence-electron chi connectivity index (χ3n) is 5.77. The van der Waals surface area contributed by atoms with Crippen LogP contribution in [0.1, 0.15) is 28.7 Å². The Bertz CT molecular complexity index is 1680. The molecule has 10 nitrogen and oxygen atoms in total. The van der Waals surface area contributed by atoms with Crippen molar-refractivity contribution in [3.63, 3.8) is 0 Å². The molecule has 0 aliphatic rings. The van der Waals surface area contributed by atoms with Gasteiger partial charge in [0.15, 0.2) is 5.82 Å². The van der Waals surface area contributed by atoms with E-state index >= 15 is 0 Å². The van der Waals surface area contributed by atoms with Crippen LogP contribution in [0.4, 0.5) is 5.69 Å². The van der Waals surface area contributed by atoms with Crippen LogP contribution in [0.15, 0.2) is 71.8 Å². The summed E-state index contributed by atoms with van der Waals surface area (Å²) in [5, 5.41) is 31.9. The Morgan fingerprint density at radius 2 is 1.97 bits per heavy atom. The lowest BCUT2D eigenvalue weighted by Gasteiger charge is -2.19. The molecule has 5 rings (SSSR count). The molecule has 0 spiro atoms. The number of anilines is 1. The third kappa shape index (κ3) is 5.87. The lowest BCUT2D eigenvalue weighted by atomic mass is 10.1. The van der Waals surface area contributed by atoms with Crippen LogP contribution in [0.25, 0.3) is 22.9 Å². The van der Waals surface area contributed by atoms with Gasteiger partial charge in [0.2, 0.25) is 5.82 Å². The summed E-state index contributed by atoms with van der Waals surface area (Å²) < 4.78 is 2.50. The number of aliphatic hydroxyl groups excluding tert-OH is 1. The van der Waals surface area contributed by atoms with Crippen LogP contribution in [0.5, 0.6) is 0 Å². The summed E-state index contributed by atoms with van der Waals surface area (Å²) in [4.78, 5) is 5.87. The van der Waals surface area contributed by atoms with E-state index in [1.807, 2.05) is 37.3 Å². The Labute approximate surface area is 242 Å². The smallest absolute Gasteiger partial charge is 0.204 e. The topological polar surface area (TPSA) is 133 Å². The quantitative estimate of drug-likeness (QED) is 0.196. The SMILES string of the molecule is C=C(Nc1c(C)cc(Cl)cc1C(N)O)c1cc(Cn2nnc(-c3cccc(Br)c3)n2)nn1-c1ncccc1Cl. The number of nitrogens with one attached hydrogen (secondary N) is 1. The molecule has 5 aromatic rings. The van der Waals surface area contributed by atoms with Gasteiger partial charge in [-0.15, -0.1) is 10.2 Å². The summed E-state index contributed by atoms with van der Waals surface area (Å²) in [6, 6.07) is 16.3. The second kappa shape index (κ2) is 11.2. The molecule has 1 atom stereocenters. The van der Waals surface area contributed by atoms with Crippen LogP contribution in [-0.4, -0.2) is 40.1 Å². The molecule has 0 bridgehead atoms. The van der Waals surface area contributed by atoms with Gasteiger partial charge in [0.05, 0.1) is 22.1 Å². The van der Waals surface area contributed by atoms with Crippen molar-refractivity contribution in [3.8, 4) is 17.2 Å². The molecule has 39 heavy (non-hydrogen) atoms. The number of pyridine rings is 1. The molecule has 4 N–H and O–H groups in total. The lowest BCUT2D eigenvalue weighted by Crippen LogP contribution is -2.14. The number of aliphatic hydroxyl groups is 1. The maximum Gasteiger partial charge on any atom is 0.204 e. The van der Waals surface area contributed by atoms with Crippen molar-refractivity contribution in [3.05, 3.63) is 104 Å². The van der Waals surface area contributed by atoms with Crippen molar-refractivity contribution >= 4 is 50.5 Å². The summed E-state index contributed by atoms with van der Waals surface area (Å²) >= 11 is 16.1. The summed E-state index contributed by atoms with van der Waals surface area (Å²) in [5.74, 6) is 0.901. The zero-order chi connectivity index (χ0) is 27.7. The first-order valence-corrected chi connectivity index (χ1v) is 13.2. The fourth-order valence-corrected chi connectivity index (χ4v) is 4.89. The molecule has 1 unspecified atom stereocenters. The molecule has 13 heteroatoms. The molecule has 0 radical (unpaired) electrons. The zero-order valence-corrected chi connectivity index (χ0v) is 23.7. The Kier molecular flexibility index (Phi) is 7.78. The van der Waals surface area contributed by atoms with Gasteiger partial charge in [-0.2, -0.15) is 9.90 Å². The summed E-state index contributed by atoms with van der Waals surface area (Å²) in [5.41, 5.74) is 10.1. The van der Waals surface area contributed by atoms with E-state index in [9.17, 15) is 5.11 Å². The van der Waals surface area contributed by atoms with Gasteiger partial charge in [-0.3, -0.25) is 0 Å². The van der Waals surface area contributed by atoms with Gasteiger partial charge >= 0.3 is 0 Å². The first-order chi connectivity index (χ1) is 18.7. The van der Waals surface area contributed by atoms with Crippen molar-refractivity contribution in [2.45, 2.75) is 19.7 Å². The standard InChI is InChI=1S/C26H22BrCl2N9O/c1-14-9-18(28)11-20(24(30)39)23(14)32-15(2)22-12-19(34-38(22)26-21(29)7-4-8-31-26)13-37-35-25(33-36-37)16-5-3-6-17(27)10-16/h3-12,24,32,39H,2,13,30H2,1H3. The summed E-state index contributed by atoms with van der Waals surface area (Å²) in [6.45, 7) is 6.30. The molecule has 3 heterocycles. The number of nitrogens with zero attached hydrogens (tertiary/aromatic N) is 7. The van der Waals surface area contributed by atoms with E-state index in [2.05, 4.69) is 48.2 Å². The second-order valence-electron chi connectivity index (χ2n) is 8.63. The average molecular weight is 627 g/mol. The van der Waals surface area contributed by atoms with E-state index in [0.29, 0.717) is 50.0 Å². The predicted octanol–water partition coefficient (Wildman–Crippen LogP) is 5.38. The van der Waals surface area contributed by atoms with Crippen LogP contribution in [-0.2, 0) is 6.54 Å². The zero-order valence-electron chi connectivity index (χ0n) is 20.6. The van der Waals surface area contributed by atoms with Crippen molar-refractivity contribution in [2.24, 2.45) is 5.73 Å². The maximum absolute atomic E-state index is 10.2. The monoisotopic (exact) mass is 625 g/mol. The highest BCUT2D eigenvalue weighted by Crippen LogP contribution is 2.32. The fourth-order valence-electron chi connectivity index (χ4n) is 4.00. The van der Waals surface area contributed by atoms with E-state index in [1.165, 1.54) is 4.80 Å². The van der Waals surface area contributed by atoms with Crippen molar-refractivity contribution < 1.29 is 5.11 Å². The van der Waals surface area contributed by atoms with Gasteiger partial charge in [0.25, 0.3) is 0 Å². The van der Waals surface area contributed by atoms with Gasteiger partial charge in [0, 0.05) is 32.5 Å². The van der Waals surface area contributed by atoms with Crippen LogP contribution in [0.3, 0.4) is 0 Å². The minimum Gasteiger partial charge on any atom is -0.374 e. The first-order valence-electron chi connectivity index (χ1n) is 11.6. The number of halogens is 3. The number of rotatable bonds is 8. The Morgan fingerprint density at radius 1 is 1.15 bits per heavy atom. The lowest BCUT2D eigenvalue weighted by molar-refractivity contribution is 0.187. The minimum atomic E-state index is -1.25. The van der Waals surface area contributed by atoms with Crippen LogP contribution in [0, 0.1) is 6.92 Å². The van der Waals surface area contributed by atoms with Crippen molar-refractivity contribution in [1.29, 1.82) is 0 Å². The average Bonchev–Trinajstić information content (AvgIpc) is 3.53. The normalized spacial score (nSPS) is 11.9. The van der Waals surface area contributed by atoms with E-state index in [-0.39, 0.29) is 6.54 Å². The predicted molar refractivity (Wildman–Crippen MR) is 154 cm³/mol. The molecular weight excluding hydrogens is 605 g/mol. The number of hydrogen-bond acceptors (Lipinski definition) is 8. The minimum absolute atomic E-state index is 0.228. The molecule has 0 saturated heterocycles. The molecule has 3 aromatic heterocycles. The third-order valence-corrected chi connectivity index (χ3v) is 6.78. The van der Waals surface area contributed by atoms with Crippen molar-refractivity contribution in [1.82, 2.24) is 35.0 Å². The number of nitrogens with two attached hydrogens (primary N) is 1. The number of aromatic nitrogens is 7. The Balaban J connectivity index is 1.51. The highest BCUT2D eigenvalue weighted by molar-refractivity contribution is 9.10. The second-order valence-corrected chi connectivity index (χ2v) is 10.4. The van der Waals surface area contributed by atoms with E-state index in [4.69, 9.17) is 34.0 Å². The number of hydrogen-bond donors (Lipinski definition) is 3. The largest absolute Gasteiger partial charge is 0.374 e. The van der Waals surface area contributed by atoms with Crippen LogP contribution >= 0.6 is 39.1 Å². The van der Waals surface area contributed by atoms with Crippen molar-refractivity contribution in [2.75, 3.05) is 5.32 Å². The molecule has 2 aromatic carbocycles. The van der Waals surface area contributed by atoms with E-state index in [1.54, 1.807) is 35.1 Å². The highest BCUT2D eigenvalue weighted by Gasteiger charge is 2.20. The molecule has 0 saturated carbocycles. The van der Waals surface area contributed by atoms with E-state index < -0.39 is 6.23 Å². The van der Waals surface area contributed by atoms with E-state index in [0.717, 1.165) is 15.6 Å². The molecule has 0 amide bonds. The molecule has 0 fully saturated rings. The van der Waals surface area contributed by atoms with Crippen LogP contribution in [0.2, 0.25) is 10.0 Å². The maximum atomic E-state index is 10.2. The van der Waals surface area contributed by atoms with Gasteiger partial charge in [-0.05, 0) is 60.2 Å². The Hall–Kier alpha value is -3.61. The number of aryl methyl sites for hydroxylation is 1. The fraction of sp³-hybridized carbons (Fsp3) is 0.115. The van der Waals surface area contributed by atoms with Gasteiger partial charge in [-0.25, -0.2) is 9.67 Å². The molecule has 198 valence electrons. The highest BCUT2D eigenvalue weighted by atomic mass is 79.9. The number of tetrazole rings is 1. The molecule has 0 aliphatic carbocycles. The van der Waals surface area contributed by atoms with Gasteiger partial charge < -0.3 is 16.2 Å². The summed E-state index contributed by atoms with van der Waals surface area (Å²) in [7, 11) is 0. The van der Waals surface area contributed by atoms with Gasteiger partial charge in [0.1, 0.15) is 12.8 Å². The first kappa shape index (κ1) is 27.0. The molecular formula is C26H22BrCl2N9O. The van der Waals surface area contributed by atoms with Crippen LogP contribution < -0.4 is 11.1 Å². The van der Waals surface area contributed by atoms with Gasteiger partial charge in [-0.1, -0.05) is 57.8 Å².